The zero-order chi connectivity index (χ0) is 11.8. The second-order valence-corrected chi connectivity index (χ2v) is 2.76. The molecule has 0 fully saturated rings. The van der Waals surface area contributed by atoms with E-state index in [2.05, 4.69) is 10.3 Å². The average Bonchev–Trinajstić information content (AvgIpc) is 2.34. The zero-order valence-corrected chi connectivity index (χ0v) is 6.82. The minimum Gasteiger partial charge on any atom is -0.324 e. The zero-order valence-electron chi connectivity index (χ0n) is 9.82. The van der Waals surface area contributed by atoms with Gasteiger partial charge in [-0.3, -0.25) is 9.79 Å². The van der Waals surface area contributed by atoms with Crippen LogP contribution in [0, 0.1) is 0 Å². The van der Waals surface area contributed by atoms with E-state index >= 15 is 0 Å². The van der Waals surface area contributed by atoms with Crippen molar-refractivity contribution in [3.05, 3.63) is 29.8 Å². The van der Waals surface area contributed by atoms with E-state index in [-0.39, 0.29) is 0 Å². The standard InChI is InChI=1S/C10H10N2O/c1-7-10(13)12-9-5-3-2-4-8(9)6-11-7/h2-7H,1H3,(H,12,13)/i1T3. The van der Waals surface area contributed by atoms with E-state index in [4.69, 9.17) is 4.11 Å². The molecular weight excluding hydrogens is 164 g/mol. The summed E-state index contributed by atoms with van der Waals surface area (Å²) in [5, 5.41) is 2.56. The topological polar surface area (TPSA) is 41.5 Å². The number of fused-ring (bicyclic) bond motifs is 1. The number of carbonyl (C=O) groups is 1. The quantitative estimate of drug-likeness (QED) is 0.645. The van der Waals surface area contributed by atoms with Crippen molar-refractivity contribution < 1.29 is 8.91 Å². The predicted molar refractivity (Wildman–Crippen MR) is 52.1 cm³/mol. The van der Waals surface area contributed by atoms with Gasteiger partial charge in [0.05, 0.1) is 0 Å². The first-order valence-electron chi connectivity index (χ1n) is 5.41. The number of rotatable bonds is 0. The van der Waals surface area contributed by atoms with Gasteiger partial charge in [0.1, 0.15) is 6.04 Å². The fourth-order valence-electron chi connectivity index (χ4n) is 1.15. The number of hydrogen-bond acceptors (Lipinski definition) is 2. The Balaban J connectivity index is 2.39. The average molecular weight is 180 g/mol. The van der Waals surface area contributed by atoms with E-state index in [0.717, 1.165) is 0 Å². The monoisotopic (exact) mass is 180 g/mol. The van der Waals surface area contributed by atoms with Gasteiger partial charge in [0.25, 0.3) is 0 Å². The lowest BCUT2D eigenvalue weighted by molar-refractivity contribution is -0.116. The summed E-state index contributed by atoms with van der Waals surface area (Å²) in [7, 11) is 0. The van der Waals surface area contributed by atoms with Crippen molar-refractivity contribution in [1.82, 2.24) is 0 Å². The Morgan fingerprint density at radius 1 is 1.54 bits per heavy atom. The molecule has 0 saturated heterocycles. The van der Waals surface area contributed by atoms with Crippen molar-refractivity contribution >= 4 is 17.8 Å². The molecule has 0 aromatic heterocycles. The van der Waals surface area contributed by atoms with Gasteiger partial charge in [0, 0.05) is 21.6 Å². The third kappa shape index (κ3) is 1.45. The molecule has 1 aliphatic heterocycles. The molecule has 66 valence electrons. The van der Waals surface area contributed by atoms with Crippen LogP contribution in [0.4, 0.5) is 5.69 Å². The Bertz CT molecular complexity index is 454. The van der Waals surface area contributed by atoms with Crippen molar-refractivity contribution in [2.75, 3.05) is 5.32 Å². The van der Waals surface area contributed by atoms with E-state index < -0.39 is 18.8 Å². The number of nitrogens with one attached hydrogen (secondary N) is 1. The van der Waals surface area contributed by atoms with Gasteiger partial charge in [0.2, 0.25) is 5.91 Å². The second kappa shape index (κ2) is 3.01. The number of anilines is 1. The molecule has 13 heavy (non-hydrogen) atoms. The third-order valence-corrected chi connectivity index (χ3v) is 1.83. The lowest BCUT2D eigenvalue weighted by Gasteiger charge is -2.05. The van der Waals surface area contributed by atoms with Crippen LogP contribution in [0.2, 0.25) is 0 Å². The number of nitrogens with zero attached hydrogens (tertiary/aromatic N) is 1. The van der Waals surface area contributed by atoms with Gasteiger partial charge in [-0.25, -0.2) is 0 Å². The highest BCUT2D eigenvalue weighted by Crippen LogP contribution is 2.16. The first-order valence-corrected chi connectivity index (χ1v) is 3.91. The van der Waals surface area contributed by atoms with Crippen molar-refractivity contribution in [2.24, 2.45) is 4.99 Å². The number of benzodiazepines with no additional fused rings is 1. The Labute approximate surface area is 80.7 Å². The van der Waals surface area contributed by atoms with Gasteiger partial charge in [-0.05, 0) is 12.9 Å². The highest BCUT2D eigenvalue weighted by molar-refractivity contribution is 6.03. The summed E-state index contributed by atoms with van der Waals surface area (Å²) in [6, 6.07) is 5.71. The van der Waals surface area contributed by atoms with Gasteiger partial charge in [-0.15, -0.1) is 0 Å². The van der Waals surface area contributed by atoms with E-state index in [1.807, 2.05) is 0 Å². The Kier molecular flexibility index (Phi) is 1.20. The molecule has 1 heterocycles. The molecular formula is C10H10N2O. The van der Waals surface area contributed by atoms with Crippen LogP contribution in [-0.2, 0) is 4.79 Å². The highest BCUT2D eigenvalue weighted by Gasteiger charge is 2.15. The molecule has 2 rings (SSSR count). The van der Waals surface area contributed by atoms with Crippen LogP contribution in [0.5, 0.6) is 0 Å². The molecule has 1 amide bonds. The number of para-hydroxylation sites is 1. The molecule has 0 saturated carbocycles. The van der Waals surface area contributed by atoms with Crippen LogP contribution in [0.1, 0.15) is 16.5 Å². The third-order valence-electron chi connectivity index (χ3n) is 1.83. The van der Waals surface area contributed by atoms with Crippen LogP contribution in [-0.4, -0.2) is 18.2 Å². The Hall–Kier alpha value is -1.64. The summed E-state index contributed by atoms with van der Waals surface area (Å²) < 4.78 is 21.7. The Morgan fingerprint density at radius 2 is 2.38 bits per heavy atom. The van der Waals surface area contributed by atoms with Crippen molar-refractivity contribution in [1.29, 1.82) is 0 Å². The maximum Gasteiger partial charge on any atom is 0.248 e. The molecule has 0 aliphatic carbocycles. The lowest BCUT2D eigenvalue weighted by Crippen LogP contribution is -2.21. The van der Waals surface area contributed by atoms with Crippen LogP contribution >= 0.6 is 0 Å². The highest BCUT2D eigenvalue weighted by atomic mass is 16.2. The van der Waals surface area contributed by atoms with Crippen molar-refractivity contribution in [3.63, 3.8) is 0 Å². The molecule has 0 spiro atoms. The normalized spacial score (nSPS) is 24.8. The smallest absolute Gasteiger partial charge is 0.248 e. The van der Waals surface area contributed by atoms with Crippen LogP contribution < -0.4 is 5.32 Å². The summed E-state index contributed by atoms with van der Waals surface area (Å²) in [5.74, 6) is -0.596. The molecule has 1 aromatic rings. The molecule has 3 heteroatoms. The number of hydrogen-bond donors (Lipinski definition) is 1. The molecule has 3 nitrogen and oxygen atoms in total. The number of benzene rings is 1. The predicted octanol–water partition coefficient (Wildman–Crippen LogP) is 1.45. The number of carbonyl (C=O) groups excluding carboxylic acids is 1. The summed E-state index contributed by atoms with van der Waals surface area (Å²) >= 11 is 0. The summed E-state index contributed by atoms with van der Waals surface area (Å²) in [5.41, 5.74) is 1.30. The number of amides is 1. The largest absolute Gasteiger partial charge is 0.324 e. The van der Waals surface area contributed by atoms with Crippen LogP contribution in [0.25, 0.3) is 0 Å². The Morgan fingerprint density at radius 3 is 3.23 bits per heavy atom. The first-order chi connectivity index (χ1) is 7.48. The summed E-state index contributed by atoms with van der Waals surface area (Å²) in [6.07, 6.45) is 1.42. The van der Waals surface area contributed by atoms with E-state index in [0.29, 0.717) is 11.3 Å². The summed E-state index contributed by atoms with van der Waals surface area (Å²) in [4.78, 5) is 15.5. The lowest BCUT2D eigenvalue weighted by atomic mass is 10.2. The molecule has 1 unspecified atom stereocenters. The fraction of sp³-hybridized carbons (Fsp3) is 0.200. The molecule has 0 bridgehead atoms. The molecule has 1 atom stereocenters. The SMILES string of the molecule is [3H]C([3H])([3H])C1N=Cc2ccccc2NC1=O. The minimum absolute atomic E-state index is 0.586. The van der Waals surface area contributed by atoms with E-state index in [1.54, 1.807) is 24.3 Å². The van der Waals surface area contributed by atoms with E-state index in [1.165, 1.54) is 6.21 Å². The van der Waals surface area contributed by atoms with Gasteiger partial charge < -0.3 is 5.32 Å². The molecule has 1 aliphatic rings. The van der Waals surface area contributed by atoms with E-state index in [9.17, 15) is 4.79 Å². The second-order valence-electron chi connectivity index (χ2n) is 2.76. The van der Waals surface area contributed by atoms with Gasteiger partial charge >= 0.3 is 0 Å². The molecule has 1 N–H and O–H groups in total. The first kappa shape index (κ1) is 5.17. The maximum atomic E-state index is 11.6. The van der Waals surface area contributed by atoms with Crippen molar-refractivity contribution in [3.8, 4) is 0 Å². The van der Waals surface area contributed by atoms with Gasteiger partial charge in [-0.1, -0.05) is 18.2 Å². The van der Waals surface area contributed by atoms with Crippen LogP contribution in [0.15, 0.2) is 29.3 Å². The molecule has 0 radical (unpaired) electrons. The maximum absolute atomic E-state index is 11.6. The summed E-state index contributed by atoms with van der Waals surface area (Å²) in [6.45, 7) is -2.41. The van der Waals surface area contributed by atoms with Gasteiger partial charge in [0.15, 0.2) is 0 Å². The number of aliphatic imine (C=N–C) groups is 1. The molecule has 1 aromatic carbocycles. The minimum atomic E-state index is -2.41. The van der Waals surface area contributed by atoms with Gasteiger partial charge in [-0.2, -0.15) is 0 Å². The van der Waals surface area contributed by atoms with Crippen molar-refractivity contribution in [2.45, 2.75) is 12.9 Å². The fourth-order valence-corrected chi connectivity index (χ4v) is 1.15. The van der Waals surface area contributed by atoms with Crippen LogP contribution in [0.3, 0.4) is 0 Å².